The molecule has 15 heavy (non-hydrogen) atoms. The van der Waals surface area contributed by atoms with Crippen LogP contribution in [0.25, 0.3) is 0 Å². The Labute approximate surface area is 94.1 Å². The van der Waals surface area contributed by atoms with E-state index in [0.29, 0.717) is 6.04 Å². The molecule has 1 atom stereocenters. The van der Waals surface area contributed by atoms with Gasteiger partial charge in [0.2, 0.25) is 0 Å². The van der Waals surface area contributed by atoms with Gasteiger partial charge in [0.1, 0.15) is 0 Å². The third-order valence-corrected chi connectivity index (χ3v) is 3.53. The van der Waals surface area contributed by atoms with Crippen LogP contribution >= 0.6 is 0 Å². The molecule has 1 rings (SSSR count). The van der Waals surface area contributed by atoms with Crippen molar-refractivity contribution in [2.75, 3.05) is 13.7 Å². The van der Waals surface area contributed by atoms with Gasteiger partial charge in [0.05, 0.1) is 11.6 Å². The first-order chi connectivity index (χ1) is 7.16. The van der Waals surface area contributed by atoms with Gasteiger partial charge < -0.3 is 10.1 Å². The first kappa shape index (κ1) is 12.7. The van der Waals surface area contributed by atoms with Crippen LogP contribution in [0.3, 0.4) is 0 Å². The summed E-state index contributed by atoms with van der Waals surface area (Å²) in [6.45, 7) is 9.32. The molecule has 0 radical (unpaired) electrons. The van der Waals surface area contributed by atoms with Gasteiger partial charge in [-0.3, -0.25) is 0 Å². The van der Waals surface area contributed by atoms with E-state index in [1.165, 1.54) is 24.8 Å². The fourth-order valence-electron chi connectivity index (χ4n) is 2.77. The lowest BCUT2D eigenvalue weighted by molar-refractivity contribution is -0.0581. The van der Waals surface area contributed by atoms with Crippen molar-refractivity contribution in [1.82, 2.24) is 5.32 Å². The summed E-state index contributed by atoms with van der Waals surface area (Å²) in [5.74, 6) is 0. The van der Waals surface area contributed by atoms with Crippen LogP contribution in [0.4, 0.5) is 0 Å². The van der Waals surface area contributed by atoms with E-state index in [-0.39, 0.29) is 5.60 Å². The lowest BCUT2D eigenvalue weighted by Gasteiger charge is -2.43. The predicted octanol–water partition coefficient (Wildman–Crippen LogP) is 2.89. The molecule has 0 aliphatic heterocycles. The molecular formula is C13H25NO. The minimum Gasteiger partial charge on any atom is -0.376 e. The van der Waals surface area contributed by atoms with Crippen molar-refractivity contribution < 1.29 is 4.74 Å². The summed E-state index contributed by atoms with van der Waals surface area (Å²) in [5, 5.41) is 3.52. The summed E-state index contributed by atoms with van der Waals surface area (Å²) in [6.07, 6.45) is 6.23. The van der Waals surface area contributed by atoms with Gasteiger partial charge in [-0.2, -0.15) is 0 Å². The number of ether oxygens (including phenoxy) is 1. The zero-order valence-corrected chi connectivity index (χ0v) is 10.4. The molecule has 88 valence electrons. The SMILES string of the molecule is C=C(C)C(NCC)C1(OC)CCCCC1. The maximum Gasteiger partial charge on any atom is 0.0869 e. The van der Waals surface area contributed by atoms with Crippen molar-refractivity contribution in [3.8, 4) is 0 Å². The van der Waals surface area contributed by atoms with Crippen LogP contribution in [0.15, 0.2) is 12.2 Å². The Morgan fingerprint density at radius 1 is 1.40 bits per heavy atom. The van der Waals surface area contributed by atoms with Gasteiger partial charge in [0.15, 0.2) is 0 Å². The summed E-state index contributed by atoms with van der Waals surface area (Å²) in [5.41, 5.74) is 1.20. The number of hydrogen-bond acceptors (Lipinski definition) is 2. The quantitative estimate of drug-likeness (QED) is 0.706. The predicted molar refractivity (Wildman–Crippen MR) is 65.1 cm³/mol. The summed E-state index contributed by atoms with van der Waals surface area (Å²) in [4.78, 5) is 0. The fraction of sp³-hybridized carbons (Fsp3) is 0.846. The lowest BCUT2D eigenvalue weighted by Crippen LogP contribution is -2.53. The molecule has 1 aliphatic carbocycles. The standard InChI is InChI=1S/C13H25NO/c1-5-14-12(11(2)3)13(15-4)9-7-6-8-10-13/h12,14H,2,5-10H2,1,3-4H3. The van der Waals surface area contributed by atoms with Crippen LogP contribution in [0.2, 0.25) is 0 Å². The molecule has 1 saturated carbocycles. The average molecular weight is 211 g/mol. The molecule has 2 heteroatoms. The molecule has 1 unspecified atom stereocenters. The van der Waals surface area contributed by atoms with Crippen LogP contribution in [0, 0.1) is 0 Å². The molecule has 0 aromatic heterocycles. The molecule has 2 nitrogen and oxygen atoms in total. The molecule has 1 fully saturated rings. The normalized spacial score (nSPS) is 22.3. The second kappa shape index (κ2) is 5.66. The van der Waals surface area contributed by atoms with E-state index in [1.807, 2.05) is 7.11 Å². The van der Waals surface area contributed by atoms with Crippen LogP contribution in [-0.4, -0.2) is 25.3 Å². The highest BCUT2D eigenvalue weighted by Gasteiger charge is 2.39. The van der Waals surface area contributed by atoms with Crippen molar-refractivity contribution >= 4 is 0 Å². The highest BCUT2D eigenvalue weighted by Crippen LogP contribution is 2.36. The van der Waals surface area contributed by atoms with E-state index in [4.69, 9.17) is 4.74 Å². The first-order valence-electron chi connectivity index (χ1n) is 6.10. The van der Waals surface area contributed by atoms with Crippen molar-refractivity contribution in [3.63, 3.8) is 0 Å². The van der Waals surface area contributed by atoms with Crippen LogP contribution in [-0.2, 0) is 4.74 Å². The van der Waals surface area contributed by atoms with Gasteiger partial charge in [-0.05, 0) is 26.3 Å². The molecular weight excluding hydrogens is 186 g/mol. The largest absolute Gasteiger partial charge is 0.376 e. The van der Waals surface area contributed by atoms with Crippen molar-refractivity contribution in [3.05, 3.63) is 12.2 Å². The Kier molecular flexibility index (Phi) is 4.81. The van der Waals surface area contributed by atoms with Crippen LogP contribution < -0.4 is 5.32 Å². The Bertz CT molecular complexity index is 207. The van der Waals surface area contributed by atoms with Crippen molar-refractivity contribution in [2.24, 2.45) is 0 Å². The van der Waals surface area contributed by atoms with E-state index in [0.717, 1.165) is 19.4 Å². The molecule has 0 bridgehead atoms. The van der Waals surface area contributed by atoms with Gasteiger partial charge in [0.25, 0.3) is 0 Å². The summed E-state index contributed by atoms with van der Waals surface area (Å²) < 4.78 is 5.83. The fourth-order valence-corrected chi connectivity index (χ4v) is 2.77. The number of hydrogen-bond donors (Lipinski definition) is 1. The minimum absolute atomic E-state index is 0.0000926. The summed E-state index contributed by atoms with van der Waals surface area (Å²) >= 11 is 0. The molecule has 0 amide bonds. The zero-order valence-electron chi connectivity index (χ0n) is 10.4. The van der Waals surface area contributed by atoms with Gasteiger partial charge in [-0.15, -0.1) is 0 Å². The number of rotatable bonds is 5. The monoisotopic (exact) mass is 211 g/mol. The molecule has 1 N–H and O–H groups in total. The average Bonchev–Trinajstić information content (AvgIpc) is 2.26. The molecule has 0 saturated heterocycles. The molecule has 0 spiro atoms. The topological polar surface area (TPSA) is 21.3 Å². The minimum atomic E-state index is 0.0000926. The zero-order chi connectivity index (χ0) is 11.3. The summed E-state index contributed by atoms with van der Waals surface area (Å²) in [6, 6.07) is 0.313. The highest BCUT2D eigenvalue weighted by molar-refractivity contribution is 5.12. The van der Waals surface area contributed by atoms with Crippen LogP contribution in [0.5, 0.6) is 0 Å². The van der Waals surface area contributed by atoms with Gasteiger partial charge in [-0.25, -0.2) is 0 Å². The number of nitrogens with one attached hydrogen (secondary N) is 1. The van der Waals surface area contributed by atoms with Gasteiger partial charge in [0, 0.05) is 7.11 Å². The third-order valence-electron chi connectivity index (χ3n) is 3.53. The van der Waals surface area contributed by atoms with Gasteiger partial charge in [-0.1, -0.05) is 38.3 Å². The van der Waals surface area contributed by atoms with Crippen LogP contribution in [0.1, 0.15) is 46.0 Å². The van der Waals surface area contributed by atoms with E-state index >= 15 is 0 Å². The van der Waals surface area contributed by atoms with E-state index in [1.54, 1.807) is 0 Å². The third kappa shape index (κ3) is 2.82. The second-order valence-corrected chi connectivity index (χ2v) is 4.67. The summed E-state index contributed by atoms with van der Waals surface area (Å²) in [7, 11) is 1.85. The lowest BCUT2D eigenvalue weighted by atomic mass is 9.77. The van der Waals surface area contributed by atoms with E-state index in [2.05, 4.69) is 25.7 Å². The first-order valence-corrected chi connectivity index (χ1v) is 6.10. The maximum absolute atomic E-state index is 5.83. The van der Waals surface area contributed by atoms with Crippen molar-refractivity contribution in [1.29, 1.82) is 0 Å². The van der Waals surface area contributed by atoms with Crippen molar-refractivity contribution in [2.45, 2.75) is 57.6 Å². The number of methoxy groups -OCH3 is 1. The van der Waals surface area contributed by atoms with Gasteiger partial charge >= 0.3 is 0 Å². The number of likely N-dealkylation sites (N-methyl/N-ethyl adjacent to an activating group) is 1. The highest BCUT2D eigenvalue weighted by atomic mass is 16.5. The molecule has 1 aliphatic rings. The Morgan fingerprint density at radius 2 is 2.00 bits per heavy atom. The Morgan fingerprint density at radius 3 is 2.40 bits per heavy atom. The second-order valence-electron chi connectivity index (χ2n) is 4.67. The van der Waals surface area contributed by atoms with E-state index in [9.17, 15) is 0 Å². The molecule has 0 heterocycles. The molecule has 0 aromatic carbocycles. The molecule has 0 aromatic rings. The smallest absolute Gasteiger partial charge is 0.0869 e. The Hall–Kier alpha value is -0.340. The maximum atomic E-state index is 5.83. The Balaban J connectivity index is 2.79. The van der Waals surface area contributed by atoms with E-state index < -0.39 is 0 Å².